The molecule has 0 saturated carbocycles. The first-order valence-corrected chi connectivity index (χ1v) is 7.12. The van der Waals surface area contributed by atoms with E-state index < -0.39 is 23.5 Å². The van der Waals surface area contributed by atoms with Crippen LogP contribution in [0.25, 0.3) is 0 Å². The van der Waals surface area contributed by atoms with E-state index in [9.17, 15) is 23.7 Å². The second kappa shape index (κ2) is 8.04. The molecule has 9 heteroatoms. The van der Waals surface area contributed by atoms with Gasteiger partial charge in [0.25, 0.3) is 11.6 Å². The third-order valence-electron chi connectivity index (χ3n) is 3.09. The van der Waals surface area contributed by atoms with Crippen LogP contribution in [-0.2, 0) is 4.79 Å². The number of anilines is 1. The van der Waals surface area contributed by atoms with E-state index in [2.05, 4.69) is 10.1 Å². The van der Waals surface area contributed by atoms with Crippen LogP contribution in [0.1, 0.15) is 6.92 Å². The molecule has 132 valence electrons. The zero-order chi connectivity index (χ0) is 18.4. The van der Waals surface area contributed by atoms with Crippen LogP contribution < -0.4 is 14.8 Å². The minimum atomic E-state index is -3.02. The number of hydrogen-bond donors (Lipinski definition) is 1. The van der Waals surface area contributed by atoms with Crippen LogP contribution in [0.5, 0.6) is 11.5 Å². The number of alkyl halides is 2. The Morgan fingerprint density at radius 3 is 2.36 bits per heavy atom. The molecule has 2 aromatic carbocycles. The van der Waals surface area contributed by atoms with Gasteiger partial charge in [-0.05, 0) is 31.2 Å². The summed E-state index contributed by atoms with van der Waals surface area (Å²) in [5.74, 6) is -0.512. The van der Waals surface area contributed by atoms with Crippen molar-refractivity contribution in [1.82, 2.24) is 0 Å². The van der Waals surface area contributed by atoms with Gasteiger partial charge in [-0.15, -0.1) is 0 Å². The lowest BCUT2D eigenvalue weighted by Gasteiger charge is -2.16. The SMILES string of the molecule is CC(Oc1ccc([N+](=O)[O-])cc1)C(=O)Nc1ccccc1OC(F)F. The first kappa shape index (κ1) is 18.1. The number of rotatable bonds is 7. The van der Waals surface area contributed by atoms with E-state index in [-0.39, 0.29) is 22.9 Å². The van der Waals surface area contributed by atoms with Crippen LogP contribution in [0.4, 0.5) is 20.2 Å². The molecule has 0 bridgehead atoms. The van der Waals surface area contributed by atoms with E-state index in [4.69, 9.17) is 4.74 Å². The second-order valence-corrected chi connectivity index (χ2v) is 4.88. The van der Waals surface area contributed by atoms with Gasteiger partial charge in [0.1, 0.15) is 11.5 Å². The maximum atomic E-state index is 12.4. The quantitative estimate of drug-likeness (QED) is 0.607. The Morgan fingerprint density at radius 2 is 1.76 bits per heavy atom. The van der Waals surface area contributed by atoms with Gasteiger partial charge in [0, 0.05) is 12.1 Å². The minimum absolute atomic E-state index is 0.0759. The molecule has 0 radical (unpaired) electrons. The first-order valence-electron chi connectivity index (χ1n) is 7.12. The summed E-state index contributed by atoms with van der Waals surface area (Å²) in [5, 5.41) is 13.0. The number of ether oxygens (including phenoxy) is 2. The summed E-state index contributed by atoms with van der Waals surface area (Å²) in [6.07, 6.45) is -0.971. The maximum Gasteiger partial charge on any atom is 0.387 e. The van der Waals surface area contributed by atoms with Gasteiger partial charge < -0.3 is 14.8 Å². The zero-order valence-electron chi connectivity index (χ0n) is 13.0. The number of halogens is 2. The van der Waals surface area contributed by atoms with E-state index in [1.165, 1.54) is 49.4 Å². The number of nitro benzene ring substituents is 1. The number of hydrogen-bond acceptors (Lipinski definition) is 5. The van der Waals surface area contributed by atoms with Crippen molar-refractivity contribution in [2.75, 3.05) is 5.32 Å². The highest BCUT2D eigenvalue weighted by molar-refractivity contribution is 5.95. The summed E-state index contributed by atoms with van der Waals surface area (Å²) in [7, 11) is 0. The number of nitrogens with zero attached hydrogens (tertiary/aromatic N) is 1. The van der Waals surface area contributed by atoms with Gasteiger partial charge in [-0.1, -0.05) is 12.1 Å². The molecule has 0 spiro atoms. The van der Waals surface area contributed by atoms with E-state index in [0.29, 0.717) is 0 Å². The molecule has 7 nitrogen and oxygen atoms in total. The van der Waals surface area contributed by atoms with Crippen LogP contribution in [-0.4, -0.2) is 23.5 Å². The molecule has 25 heavy (non-hydrogen) atoms. The Hall–Kier alpha value is -3.23. The first-order chi connectivity index (χ1) is 11.9. The summed E-state index contributed by atoms with van der Waals surface area (Å²) < 4.78 is 34.4. The van der Waals surface area contributed by atoms with Crippen LogP contribution >= 0.6 is 0 Å². The summed E-state index contributed by atoms with van der Waals surface area (Å²) in [5.41, 5.74) is -0.0329. The smallest absolute Gasteiger partial charge is 0.387 e. The molecule has 2 rings (SSSR count). The van der Waals surface area contributed by atoms with E-state index in [0.717, 1.165) is 0 Å². The minimum Gasteiger partial charge on any atom is -0.481 e. The lowest BCUT2D eigenvalue weighted by atomic mass is 10.2. The lowest BCUT2D eigenvalue weighted by molar-refractivity contribution is -0.384. The number of carbonyl (C=O) groups excluding carboxylic acids is 1. The molecule has 1 amide bonds. The van der Waals surface area contributed by atoms with Crippen LogP contribution in [0.3, 0.4) is 0 Å². The number of amides is 1. The number of nitro groups is 1. The summed E-state index contributed by atoms with van der Waals surface area (Å²) in [4.78, 5) is 22.2. The topological polar surface area (TPSA) is 90.7 Å². The normalized spacial score (nSPS) is 11.7. The monoisotopic (exact) mass is 352 g/mol. The Labute approximate surface area is 141 Å². The molecule has 0 aliphatic heterocycles. The van der Waals surface area contributed by atoms with Crippen LogP contribution in [0, 0.1) is 10.1 Å². The highest BCUT2D eigenvalue weighted by Crippen LogP contribution is 2.26. The molecule has 1 atom stereocenters. The van der Waals surface area contributed by atoms with Gasteiger partial charge in [0.05, 0.1) is 10.6 Å². The Morgan fingerprint density at radius 1 is 1.12 bits per heavy atom. The van der Waals surface area contributed by atoms with Gasteiger partial charge in [0.15, 0.2) is 6.10 Å². The number of non-ortho nitro benzene ring substituents is 1. The lowest BCUT2D eigenvalue weighted by Crippen LogP contribution is -2.30. The zero-order valence-corrected chi connectivity index (χ0v) is 13.0. The molecular weight excluding hydrogens is 338 g/mol. The average Bonchev–Trinajstić information content (AvgIpc) is 2.56. The molecule has 0 aliphatic rings. The van der Waals surface area contributed by atoms with Crippen molar-refractivity contribution in [3.63, 3.8) is 0 Å². The maximum absolute atomic E-state index is 12.4. The van der Waals surface area contributed by atoms with Crippen molar-refractivity contribution in [1.29, 1.82) is 0 Å². The fraction of sp³-hybridized carbons (Fsp3) is 0.188. The third kappa shape index (κ3) is 5.13. The average molecular weight is 352 g/mol. The second-order valence-electron chi connectivity index (χ2n) is 4.88. The van der Waals surface area contributed by atoms with Crippen LogP contribution in [0.2, 0.25) is 0 Å². The molecule has 0 fully saturated rings. The molecule has 0 aromatic heterocycles. The number of carbonyl (C=O) groups is 1. The Kier molecular flexibility index (Phi) is 5.83. The van der Waals surface area contributed by atoms with Crippen molar-refractivity contribution in [3.05, 3.63) is 58.6 Å². The van der Waals surface area contributed by atoms with Gasteiger partial charge in [-0.25, -0.2) is 0 Å². The molecule has 1 unspecified atom stereocenters. The number of nitrogens with one attached hydrogen (secondary N) is 1. The highest BCUT2D eigenvalue weighted by Gasteiger charge is 2.18. The predicted octanol–water partition coefficient (Wildman–Crippen LogP) is 3.60. The van der Waals surface area contributed by atoms with Crippen molar-refractivity contribution in [2.24, 2.45) is 0 Å². The molecular formula is C16H14F2N2O5. The van der Waals surface area contributed by atoms with Gasteiger partial charge in [-0.2, -0.15) is 8.78 Å². The van der Waals surface area contributed by atoms with E-state index in [1.54, 1.807) is 6.07 Å². The van der Waals surface area contributed by atoms with Gasteiger partial charge in [0.2, 0.25) is 0 Å². The largest absolute Gasteiger partial charge is 0.481 e. The Bertz CT molecular complexity index is 752. The van der Waals surface area contributed by atoms with Gasteiger partial charge in [-0.3, -0.25) is 14.9 Å². The molecule has 1 N–H and O–H groups in total. The number of benzene rings is 2. The van der Waals surface area contributed by atoms with Crippen molar-refractivity contribution in [3.8, 4) is 11.5 Å². The third-order valence-corrected chi connectivity index (χ3v) is 3.09. The molecule has 0 aliphatic carbocycles. The highest BCUT2D eigenvalue weighted by atomic mass is 19.3. The van der Waals surface area contributed by atoms with Crippen molar-refractivity contribution < 1.29 is 28.0 Å². The summed E-state index contributed by atoms with van der Waals surface area (Å²) >= 11 is 0. The fourth-order valence-electron chi connectivity index (χ4n) is 1.91. The van der Waals surface area contributed by atoms with Gasteiger partial charge >= 0.3 is 6.61 Å². The van der Waals surface area contributed by atoms with Crippen molar-refractivity contribution >= 4 is 17.3 Å². The summed E-state index contributed by atoms with van der Waals surface area (Å²) in [6.45, 7) is -1.57. The Balaban J connectivity index is 2.02. The molecule has 0 saturated heterocycles. The van der Waals surface area contributed by atoms with E-state index >= 15 is 0 Å². The van der Waals surface area contributed by atoms with Crippen molar-refractivity contribution in [2.45, 2.75) is 19.6 Å². The molecule has 0 heterocycles. The fourth-order valence-corrected chi connectivity index (χ4v) is 1.91. The molecule has 2 aromatic rings. The van der Waals surface area contributed by atoms with Crippen LogP contribution in [0.15, 0.2) is 48.5 Å². The van der Waals surface area contributed by atoms with E-state index in [1.807, 2.05) is 0 Å². The summed E-state index contributed by atoms with van der Waals surface area (Å²) in [6, 6.07) is 10.9. The standard InChI is InChI=1S/C16H14F2N2O5/c1-10(24-12-8-6-11(7-9-12)20(22)23)15(21)19-13-4-2-3-5-14(13)25-16(17)18/h2-10,16H,1H3,(H,19,21). The predicted molar refractivity (Wildman–Crippen MR) is 84.9 cm³/mol. The number of para-hydroxylation sites is 2.